The average Bonchev–Trinajstić information content (AvgIpc) is 2.98. The maximum atomic E-state index is 13.1. The number of nitrogens with zero attached hydrogens (tertiary/aromatic N) is 2. The second-order valence-electron chi connectivity index (χ2n) is 4.75. The Bertz CT molecular complexity index is 834. The van der Waals surface area contributed by atoms with Crippen LogP contribution >= 0.6 is 0 Å². The second kappa shape index (κ2) is 6.35. The fraction of sp³-hybridized carbons (Fsp3) is 0.0625. The van der Waals surface area contributed by atoms with Crippen molar-refractivity contribution in [3.8, 4) is 0 Å². The van der Waals surface area contributed by atoms with E-state index in [2.05, 4.69) is 15.5 Å². The molecule has 0 saturated heterocycles. The Labute approximate surface area is 130 Å². The molecular weight excluding hydrogens is 304 g/mol. The van der Waals surface area contributed by atoms with Crippen LogP contribution in [0.15, 0.2) is 52.9 Å². The van der Waals surface area contributed by atoms with Gasteiger partial charge in [0.2, 0.25) is 5.89 Å². The van der Waals surface area contributed by atoms with Crippen molar-refractivity contribution in [3.05, 3.63) is 77.2 Å². The van der Waals surface area contributed by atoms with E-state index in [1.807, 2.05) is 30.3 Å². The Morgan fingerprint density at radius 1 is 1.04 bits per heavy atom. The van der Waals surface area contributed by atoms with E-state index in [0.717, 1.165) is 23.8 Å². The van der Waals surface area contributed by atoms with Gasteiger partial charge in [-0.2, -0.15) is 0 Å². The number of hydrogen-bond acceptors (Lipinski definition) is 4. The molecule has 0 radical (unpaired) electrons. The molecule has 0 unspecified atom stereocenters. The summed E-state index contributed by atoms with van der Waals surface area (Å²) in [7, 11) is 0. The number of rotatable bonds is 4. The molecular formula is C16H11F2N3O2. The van der Waals surface area contributed by atoms with Gasteiger partial charge in [-0.3, -0.25) is 10.1 Å². The predicted molar refractivity (Wildman–Crippen MR) is 77.9 cm³/mol. The zero-order valence-electron chi connectivity index (χ0n) is 11.8. The van der Waals surface area contributed by atoms with Crippen LogP contribution < -0.4 is 5.32 Å². The van der Waals surface area contributed by atoms with Gasteiger partial charge in [0.05, 0.1) is 6.42 Å². The zero-order valence-corrected chi connectivity index (χ0v) is 11.8. The third-order valence-corrected chi connectivity index (χ3v) is 3.07. The van der Waals surface area contributed by atoms with Crippen LogP contribution in [-0.4, -0.2) is 16.1 Å². The highest BCUT2D eigenvalue weighted by molar-refractivity contribution is 6.03. The van der Waals surface area contributed by atoms with Crippen molar-refractivity contribution in [2.45, 2.75) is 6.42 Å². The molecule has 0 bridgehead atoms. The van der Waals surface area contributed by atoms with Crippen LogP contribution in [0.5, 0.6) is 0 Å². The van der Waals surface area contributed by atoms with Crippen LogP contribution in [0.3, 0.4) is 0 Å². The van der Waals surface area contributed by atoms with Crippen molar-refractivity contribution in [2.24, 2.45) is 0 Å². The van der Waals surface area contributed by atoms with Crippen molar-refractivity contribution in [1.82, 2.24) is 10.2 Å². The monoisotopic (exact) mass is 315 g/mol. The third kappa shape index (κ3) is 3.57. The van der Waals surface area contributed by atoms with Crippen molar-refractivity contribution >= 4 is 11.9 Å². The summed E-state index contributed by atoms with van der Waals surface area (Å²) in [5.74, 6) is -2.46. The van der Waals surface area contributed by atoms with Crippen molar-refractivity contribution < 1.29 is 18.0 Å². The fourth-order valence-corrected chi connectivity index (χ4v) is 1.95. The zero-order chi connectivity index (χ0) is 16.2. The van der Waals surface area contributed by atoms with Gasteiger partial charge in [-0.1, -0.05) is 35.4 Å². The van der Waals surface area contributed by atoms with E-state index in [0.29, 0.717) is 12.3 Å². The standard InChI is InChI=1S/C16H11F2N3O2/c17-12-7-6-11(9-13(12)18)15(22)19-16-21-20-14(23-16)8-10-4-2-1-3-5-10/h1-7,9H,8H2,(H,19,21,22). The molecule has 0 aliphatic heterocycles. The summed E-state index contributed by atoms with van der Waals surface area (Å²) < 4.78 is 31.3. The highest BCUT2D eigenvalue weighted by atomic mass is 19.2. The topological polar surface area (TPSA) is 68.0 Å². The fourth-order valence-electron chi connectivity index (χ4n) is 1.95. The molecule has 0 spiro atoms. The molecule has 0 atom stereocenters. The average molecular weight is 315 g/mol. The highest BCUT2D eigenvalue weighted by Gasteiger charge is 2.13. The summed E-state index contributed by atoms with van der Waals surface area (Å²) in [4.78, 5) is 11.9. The molecule has 3 aromatic rings. The van der Waals surface area contributed by atoms with E-state index in [9.17, 15) is 13.6 Å². The Kier molecular flexibility index (Phi) is 4.09. The molecule has 1 aromatic heterocycles. The van der Waals surface area contributed by atoms with Crippen LogP contribution in [0.1, 0.15) is 21.8 Å². The molecule has 116 valence electrons. The summed E-state index contributed by atoms with van der Waals surface area (Å²) >= 11 is 0. The number of halogens is 2. The lowest BCUT2D eigenvalue weighted by atomic mass is 10.2. The van der Waals surface area contributed by atoms with Gasteiger partial charge in [0.25, 0.3) is 5.91 Å². The predicted octanol–water partition coefficient (Wildman–Crippen LogP) is 3.19. The maximum absolute atomic E-state index is 13.1. The van der Waals surface area contributed by atoms with Gasteiger partial charge >= 0.3 is 6.01 Å². The number of aromatic nitrogens is 2. The van der Waals surface area contributed by atoms with Gasteiger partial charge in [-0.25, -0.2) is 8.78 Å². The number of anilines is 1. The van der Waals surface area contributed by atoms with Gasteiger partial charge in [-0.05, 0) is 23.8 Å². The summed E-state index contributed by atoms with van der Waals surface area (Å²) in [6.45, 7) is 0. The first-order valence-electron chi connectivity index (χ1n) is 6.74. The molecule has 0 saturated carbocycles. The van der Waals surface area contributed by atoms with Crippen molar-refractivity contribution in [3.63, 3.8) is 0 Å². The lowest BCUT2D eigenvalue weighted by Gasteiger charge is -2.01. The van der Waals surface area contributed by atoms with E-state index in [-0.39, 0.29) is 11.6 Å². The van der Waals surface area contributed by atoms with Crippen LogP contribution in [0.25, 0.3) is 0 Å². The molecule has 0 fully saturated rings. The number of nitrogens with one attached hydrogen (secondary N) is 1. The smallest absolute Gasteiger partial charge is 0.322 e. The van der Waals surface area contributed by atoms with E-state index in [1.54, 1.807) is 0 Å². The van der Waals surface area contributed by atoms with Gasteiger partial charge in [0.15, 0.2) is 11.6 Å². The minimum atomic E-state index is -1.10. The molecule has 0 aliphatic carbocycles. The van der Waals surface area contributed by atoms with Gasteiger partial charge in [-0.15, -0.1) is 5.10 Å². The number of benzene rings is 2. The van der Waals surface area contributed by atoms with E-state index >= 15 is 0 Å². The SMILES string of the molecule is O=C(Nc1nnc(Cc2ccccc2)o1)c1ccc(F)c(F)c1. The molecule has 23 heavy (non-hydrogen) atoms. The normalized spacial score (nSPS) is 10.5. The largest absolute Gasteiger partial charge is 0.407 e. The second-order valence-corrected chi connectivity index (χ2v) is 4.75. The minimum absolute atomic E-state index is 0.0493. The van der Waals surface area contributed by atoms with Gasteiger partial charge in [0.1, 0.15) is 0 Å². The summed E-state index contributed by atoms with van der Waals surface area (Å²) in [6, 6.07) is 12.2. The summed E-state index contributed by atoms with van der Waals surface area (Å²) in [5.41, 5.74) is 0.932. The Balaban J connectivity index is 1.68. The quantitative estimate of drug-likeness (QED) is 0.803. The van der Waals surface area contributed by atoms with Crippen molar-refractivity contribution in [1.29, 1.82) is 0 Å². The molecule has 3 rings (SSSR count). The maximum Gasteiger partial charge on any atom is 0.322 e. The van der Waals surface area contributed by atoms with Crippen LogP contribution in [-0.2, 0) is 6.42 Å². The van der Waals surface area contributed by atoms with E-state index < -0.39 is 17.5 Å². The first-order chi connectivity index (χ1) is 11.1. The molecule has 1 amide bonds. The molecule has 1 N–H and O–H groups in total. The highest BCUT2D eigenvalue weighted by Crippen LogP contribution is 2.13. The first-order valence-corrected chi connectivity index (χ1v) is 6.74. The lowest BCUT2D eigenvalue weighted by molar-refractivity contribution is 0.102. The first kappa shape index (κ1) is 14.8. The summed E-state index contributed by atoms with van der Waals surface area (Å²) in [5, 5.41) is 9.87. The molecule has 0 aliphatic rings. The molecule has 1 heterocycles. The molecule has 7 heteroatoms. The Hall–Kier alpha value is -3.09. The Morgan fingerprint density at radius 3 is 2.57 bits per heavy atom. The van der Waals surface area contributed by atoms with Crippen LogP contribution in [0, 0.1) is 11.6 Å². The van der Waals surface area contributed by atoms with Crippen LogP contribution in [0.4, 0.5) is 14.8 Å². The van der Waals surface area contributed by atoms with Gasteiger partial charge in [0, 0.05) is 5.56 Å². The number of amides is 1. The van der Waals surface area contributed by atoms with Crippen LogP contribution in [0.2, 0.25) is 0 Å². The summed E-state index contributed by atoms with van der Waals surface area (Å²) in [6.07, 6.45) is 0.425. The number of carbonyl (C=O) groups is 1. The number of carbonyl (C=O) groups excluding carboxylic acids is 1. The lowest BCUT2D eigenvalue weighted by Crippen LogP contribution is -2.12. The minimum Gasteiger partial charge on any atom is -0.407 e. The molecule has 2 aromatic carbocycles. The van der Waals surface area contributed by atoms with Gasteiger partial charge < -0.3 is 4.42 Å². The number of hydrogen-bond donors (Lipinski definition) is 1. The third-order valence-electron chi connectivity index (χ3n) is 3.07. The van der Waals surface area contributed by atoms with Crippen molar-refractivity contribution in [2.75, 3.05) is 5.32 Å². The molecule has 5 nitrogen and oxygen atoms in total. The van der Waals surface area contributed by atoms with E-state index in [4.69, 9.17) is 4.42 Å². The Morgan fingerprint density at radius 2 is 1.83 bits per heavy atom. The van der Waals surface area contributed by atoms with E-state index in [1.165, 1.54) is 0 Å².